The van der Waals surface area contributed by atoms with Crippen LogP contribution in [0.15, 0.2) is 0 Å². The maximum absolute atomic E-state index is 10.9. The number of hydrogen-bond acceptors (Lipinski definition) is 7. The van der Waals surface area contributed by atoms with Crippen LogP contribution in [0.1, 0.15) is 233 Å². The maximum atomic E-state index is 10.9. The molecule has 0 fully saturated rings. The summed E-state index contributed by atoms with van der Waals surface area (Å²) in [5, 5.41) is 35.4. The van der Waals surface area contributed by atoms with Gasteiger partial charge in [-0.05, 0) is 19.3 Å². The molecule has 0 radical (unpaired) electrons. The number of rotatable bonds is 48. The van der Waals surface area contributed by atoms with Crippen molar-refractivity contribution in [2.75, 3.05) is 59.2 Å². The molecule has 0 aromatic carbocycles. The molecule has 7 heteroatoms. The first kappa shape index (κ1) is 54.7. The predicted molar refractivity (Wildman–Crippen MR) is 238 cm³/mol. The Balaban J connectivity index is 4.14. The van der Waals surface area contributed by atoms with Crippen molar-refractivity contribution in [2.24, 2.45) is 0 Å². The first-order valence-corrected chi connectivity index (χ1v) is 24.7. The molecule has 0 amide bonds. The number of ether oxygens (including phenoxy) is 2. The molecule has 0 bridgehead atoms. The van der Waals surface area contributed by atoms with E-state index in [1.807, 2.05) is 0 Å². The van der Waals surface area contributed by atoms with E-state index in [9.17, 15) is 15.3 Å². The minimum atomic E-state index is -0.358. The summed E-state index contributed by atoms with van der Waals surface area (Å²) >= 11 is 0. The molecule has 0 spiro atoms. The van der Waals surface area contributed by atoms with E-state index in [4.69, 9.17) is 9.47 Å². The minimum Gasteiger partial charge on any atom is -0.392 e. The lowest BCUT2D eigenvalue weighted by Crippen LogP contribution is -2.40. The number of aliphatic hydroxyl groups is 3. The average molecular weight is 785 g/mol. The van der Waals surface area contributed by atoms with Crippen LogP contribution in [0.4, 0.5) is 0 Å². The second kappa shape index (κ2) is 46.4. The summed E-state index contributed by atoms with van der Waals surface area (Å²) < 4.78 is 11.7. The summed E-state index contributed by atoms with van der Waals surface area (Å²) in [4.78, 5) is 2.22. The summed E-state index contributed by atoms with van der Waals surface area (Å²) in [5.74, 6) is 0. The Bertz CT molecular complexity index is 669. The van der Waals surface area contributed by atoms with Crippen molar-refractivity contribution in [3.05, 3.63) is 0 Å². The fraction of sp³-hybridized carbons (Fsp3) is 1.00. The molecule has 0 aliphatic carbocycles. The highest BCUT2D eigenvalue weighted by atomic mass is 16.5. The quantitative estimate of drug-likeness (QED) is 0.0456. The summed E-state index contributed by atoms with van der Waals surface area (Å²) in [6, 6.07) is 0. The molecule has 332 valence electrons. The van der Waals surface area contributed by atoms with Gasteiger partial charge in [0.2, 0.25) is 0 Å². The Hall–Kier alpha value is -0.280. The fourth-order valence-corrected chi connectivity index (χ4v) is 7.67. The lowest BCUT2D eigenvalue weighted by atomic mass is 10.0. The van der Waals surface area contributed by atoms with Gasteiger partial charge in [0.05, 0.1) is 44.7 Å². The molecular formula is C48H100N2O5. The van der Waals surface area contributed by atoms with E-state index < -0.39 is 0 Å². The summed E-state index contributed by atoms with van der Waals surface area (Å²) in [5.41, 5.74) is 0. The van der Waals surface area contributed by atoms with Gasteiger partial charge in [0.25, 0.3) is 0 Å². The number of hydrogen-bond donors (Lipinski definition) is 4. The van der Waals surface area contributed by atoms with Gasteiger partial charge < -0.3 is 30.1 Å². The highest BCUT2D eigenvalue weighted by Gasteiger charge is 2.16. The molecule has 4 N–H and O–H groups in total. The highest BCUT2D eigenvalue weighted by molar-refractivity contribution is 4.70. The van der Waals surface area contributed by atoms with Crippen LogP contribution in [0.3, 0.4) is 0 Å². The van der Waals surface area contributed by atoms with Crippen molar-refractivity contribution < 1.29 is 24.8 Å². The average Bonchev–Trinajstić information content (AvgIpc) is 3.17. The topological polar surface area (TPSA) is 94.4 Å². The monoisotopic (exact) mass is 785 g/mol. The number of aliphatic hydroxyl groups excluding tert-OH is 3. The smallest absolute Gasteiger partial charge is 0.0701 e. The molecule has 3 atom stereocenters. The fourth-order valence-electron chi connectivity index (χ4n) is 7.67. The number of nitrogens with zero attached hydrogens (tertiary/aromatic N) is 1. The molecule has 0 aliphatic heterocycles. The van der Waals surface area contributed by atoms with Gasteiger partial charge in [-0.15, -0.1) is 0 Å². The van der Waals surface area contributed by atoms with Crippen LogP contribution < -0.4 is 5.32 Å². The van der Waals surface area contributed by atoms with Crippen molar-refractivity contribution in [1.29, 1.82) is 0 Å². The molecule has 0 aromatic rings. The standard InChI is InChI=1S/C48H100N2O5/c1-4-7-10-13-16-19-22-25-28-31-34-46(51)43-49-37-39-54-41-42-55-40-38-50(44-47(52)35-32-29-26-23-20-17-14-11-8-5-2)45-48(53)36-33-30-27-24-21-18-15-12-9-6-3/h46-49,51-53H,4-45H2,1-3H3. The molecule has 0 aliphatic rings. The van der Waals surface area contributed by atoms with Crippen molar-refractivity contribution in [3.63, 3.8) is 0 Å². The van der Waals surface area contributed by atoms with Crippen LogP contribution in [0.25, 0.3) is 0 Å². The number of nitrogens with one attached hydrogen (secondary N) is 1. The van der Waals surface area contributed by atoms with E-state index in [0.717, 1.165) is 45.1 Å². The SMILES string of the molecule is CCCCCCCCCCCCC(O)CNCCOCCOCCN(CC(O)CCCCCCCCCCCC)CC(O)CCCCCCCCCCCC. The Kier molecular flexibility index (Phi) is 46.2. The molecule has 0 saturated heterocycles. The summed E-state index contributed by atoms with van der Waals surface area (Å²) in [7, 11) is 0. The van der Waals surface area contributed by atoms with Gasteiger partial charge in [-0.3, -0.25) is 4.90 Å². The van der Waals surface area contributed by atoms with Gasteiger partial charge in [0.15, 0.2) is 0 Å². The Morgan fingerprint density at radius 1 is 0.382 bits per heavy atom. The molecule has 3 unspecified atom stereocenters. The van der Waals surface area contributed by atoms with Crippen LogP contribution in [0.5, 0.6) is 0 Å². The van der Waals surface area contributed by atoms with Crippen molar-refractivity contribution in [1.82, 2.24) is 10.2 Å². The molecule has 0 rings (SSSR count). The van der Waals surface area contributed by atoms with Gasteiger partial charge in [0, 0.05) is 32.7 Å². The normalized spacial score (nSPS) is 13.6. The summed E-state index contributed by atoms with van der Waals surface area (Å²) in [6.45, 7) is 12.4. The van der Waals surface area contributed by atoms with E-state index in [-0.39, 0.29) is 18.3 Å². The first-order valence-electron chi connectivity index (χ1n) is 24.7. The predicted octanol–water partition coefficient (Wildman–Crippen LogP) is 11.9. The Labute approximate surface area is 344 Å². The lowest BCUT2D eigenvalue weighted by Gasteiger charge is -2.27. The van der Waals surface area contributed by atoms with Crippen molar-refractivity contribution in [3.8, 4) is 0 Å². The molecular weight excluding hydrogens is 685 g/mol. The van der Waals surface area contributed by atoms with E-state index in [2.05, 4.69) is 31.0 Å². The third-order valence-corrected chi connectivity index (χ3v) is 11.3. The minimum absolute atomic E-state index is 0.276. The van der Waals surface area contributed by atoms with Crippen LogP contribution >= 0.6 is 0 Å². The zero-order chi connectivity index (χ0) is 40.1. The van der Waals surface area contributed by atoms with Crippen LogP contribution in [0, 0.1) is 0 Å². The zero-order valence-electron chi connectivity index (χ0n) is 37.5. The van der Waals surface area contributed by atoms with Crippen molar-refractivity contribution in [2.45, 2.75) is 251 Å². The molecule has 55 heavy (non-hydrogen) atoms. The highest BCUT2D eigenvalue weighted by Crippen LogP contribution is 2.15. The number of unbranched alkanes of at least 4 members (excludes halogenated alkanes) is 27. The van der Waals surface area contributed by atoms with Crippen LogP contribution in [-0.2, 0) is 9.47 Å². The summed E-state index contributed by atoms with van der Waals surface area (Å²) in [6.07, 6.45) is 40.8. The van der Waals surface area contributed by atoms with Gasteiger partial charge >= 0.3 is 0 Å². The van der Waals surface area contributed by atoms with Gasteiger partial charge in [-0.25, -0.2) is 0 Å². The molecule has 0 aromatic heterocycles. The zero-order valence-corrected chi connectivity index (χ0v) is 37.5. The molecule has 0 heterocycles. The Morgan fingerprint density at radius 2 is 0.691 bits per heavy atom. The molecule has 7 nitrogen and oxygen atoms in total. The first-order chi connectivity index (χ1) is 27.0. The van der Waals surface area contributed by atoms with E-state index in [0.29, 0.717) is 52.6 Å². The second-order valence-electron chi connectivity index (χ2n) is 17.1. The third-order valence-electron chi connectivity index (χ3n) is 11.3. The van der Waals surface area contributed by atoms with Crippen molar-refractivity contribution >= 4 is 0 Å². The van der Waals surface area contributed by atoms with E-state index >= 15 is 0 Å². The van der Waals surface area contributed by atoms with Crippen LogP contribution in [0.2, 0.25) is 0 Å². The largest absolute Gasteiger partial charge is 0.392 e. The maximum Gasteiger partial charge on any atom is 0.0701 e. The van der Waals surface area contributed by atoms with Crippen LogP contribution in [-0.4, -0.2) is 97.7 Å². The second-order valence-corrected chi connectivity index (χ2v) is 17.1. The lowest BCUT2D eigenvalue weighted by molar-refractivity contribution is 0.0186. The van der Waals surface area contributed by atoms with E-state index in [1.54, 1.807) is 0 Å². The Morgan fingerprint density at radius 3 is 1.05 bits per heavy atom. The van der Waals surface area contributed by atoms with Gasteiger partial charge in [0.1, 0.15) is 0 Å². The third kappa shape index (κ3) is 44.7. The van der Waals surface area contributed by atoms with Gasteiger partial charge in [-0.1, -0.05) is 213 Å². The van der Waals surface area contributed by atoms with Gasteiger partial charge in [-0.2, -0.15) is 0 Å². The molecule has 0 saturated carbocycles. The van der Waals surface area contributed by atoms with E-state index in [1.165, 1.54) is 173 Å².